The molecule has 0 bridgehead atoms. The van der Waals surface area contributed by atoms with Gasteiger partial charge in [0, 0.05) is 19.0 Å². The number of sulfonamides is 1. The standard InChI is InChI=1S/C14H18N2O3S/c1-15-20(18,19)13-5-4-10-6-7-16(9-12(10)8-13)14(17)11-2-3-11/h4-5,8,11,15H,2-3,6-7,9H2,1H3. The number of amides is 1. The van der Waals surface area contributed by atoms with Gasteiger partial charge in [0.05, 0.1) is 4.90 Å². The van der Waals surface area contributed by atoms with Gasteiger partial charge in [-0.1, -0.05) is 6.07 Å². The van der Waals surface area contributed by atoms with Crippen LogP contribution in [0.15, 0.2) is 23.1 Å². The fourth-order valence-corrected chi connectivity index (χ4v) is 3.38. The Bertz CT molecular complexity index is 650. The third kappa shape index (κ3) is 2.45. The van der Waals surface area contributed by atoms with Gasteiger partial charge in [-0.25, -0.2) is 13.1 Å². The topological polar surface area (TPSA) is 66.5 Å². The van der Waals surface area contributed by atoms with E-state index in [1.807, 2.05) is 11.0 Å². The van der Waals surface area contributed by atoms with Gasteiger partial charge in [0.15, 0.2) is 0 Å². The second-order valence-corrected chi connectivity index (χ2v) is 7.31. The lowest BCUT2D eigenvalue weighted by molar-refractivity contribution is -0.133. The molecule has 2 aliphatic rings. The number of rotatable bonds is 3. The van der Waals surface area contributed by atoms with E-state index >= 15 is 0 Å². The van der Waals surface area contributed by atoms with E-state index in [0.717, 1.165) is 36.9 Å². The van der Waals surface area contributed by atoms with Crippen molar-refractivity contribution in [1.82, 2.24) is 9.62 Å². The highest BCUT2D eigenvalue weighted by Crippen LogP contribution is 2.33. The zero-order valence-electron chi connectivity index (χ0n) is 11.4. The van der Waals surface area contributed by atoms with E-state index in [1.165, 1.54) is 7.05 Å². The van der Waals surface area contributed by atoms with Crippen molar-refractivity contribution < 1.29 is 13.2 Å². The van der Waals surface area contributed by atoms with E-state index in [2.05, 4.69) is 4.72 Å². The predicted molar refractivity (Wildman–Crippen MR) is 74.5 cm³/mol. The first-order chi connectivity index (χ1) is 9.51. The molecule has 1 aliphatic carbocycles. The third-order valence-corrected chi connectivity index (χ3v) is 5.42. The van der Waals surface area contributed by atoms with E-state index in [4.69, 9.17) is 0 Å². The molecule has 1 aliphatic heterocycles. The largest absolute Gasteiger partial charge is 0.338 e. The minimum Gasteiger partial charge on any atom is -0.338 e. The number of benzene rings is 1. The molecule has 0 spiro atoms. The van der Waals surface area contributed by atoms with Gasteiger partial charge in [-0.2, -0.15) is 0 Å². The van der Waals surface area contributed by atoms with Gasteiger partial charge in [0.2, 0.25) is 15.9 Å². The minimum absolute atomic E-state index is 0.209. The second kappa shape index (κ2) is 4.86. The molecule has 1 N–H and O–H groups in total. The highest BCUT2D eigenvalue weighted by Gasteiger charge is 2.34. The molecule has 5 nitrogen and oxygen atoms in total. The highest BCUT2D eigenvalue weighted by atomic mass is 32.2. The lowest BCUT2D eigenvalue weighted by Gasteiger charge is -2.29. The smallest absolute Gasteiger partial charge is 0.240 e. The van der Waals surface area contributed by atoms with Gasteiger partial charge in [-0.3, -0.25) is 4.79 Å². The van der Waals surface area contributed by atoms with E-state index in [9.17, 15) is 13.2 Å². The predicted octanol–water partition coefficient (Wildman–Crippen LogP) is 0.889. The molecule has 0 atom stereocenters. The number of fused-ring (bicyclic) bond motifs is 1. The van der Waals surface area contributed by atoms with Crippen LogP contribution in [0.4, 0.5) is 0 Å². The first-order valence-electron chi connectivity index (χ1n) is 6.85. The summed E-state index contributed by atoms with van der Waals surface area (Å²) in [6.45, 7) is 1.26. The summed E-state index contributed by atoms with van der Waals surface area (Å²) in [6.07, 6.45) is 2.79. The van der Waals surface area contributed by atoms with E-state index in [-0.39, 0.29) is 16.7 Å². The number of nitrogens with zero attached hydrogens (tertiary/aromatic N) is 1. The van der Waals surface area contributed by atoms with Crippen LogP contribution >= 0.6 is 0 Å². The van der Waals surface area contributed by atoms with E-state index < -0.39 is 10.0 Å². The molecule has 108 valence electrons. The Morgan fingerprint density at radius 3 is 2.70 bits per heavy atom. The summed E-state index contributed by atoms with van der Waals surface area (Å²) in [5.74, 6) is 0.429. The zero-order chi connectivity index (χ0) is 14.3. The number of carbonyl (C=O) groups is 1. The summed E-state index contributed by atoms with van der Waals surface area (Å²) in [7, 11) is -2.03. The molecule has 3 rings (SSSR count). The Labute approximate surface area is 119 Å². The quantitative estimate of drug-likeness (QED) is 0.900. The van der Waals surface area contributed by atoms with Gasteiger partial charge in [-0.05, 0) is 49.6 Å². The van der Waals surface area contributed by atoms with Crippen molar-refractivity contribution in [3.05, 3.63) is 29.3 Å². The van der Waals surface area contributed by atoms with Gasteiger partial charge in [-0.15, -0.1) is 0 Å². The van der Waals surface area contributed by atoms with Gasteiger partial charge < -0.3 is 4.90 Å². The van der Waals surface area contributed by atoms with Crippen LogP contribution in [-0.2, 0) is 27.8 Å². The minimum atomic E-state index is -3.43. The van der Waals surface area contributed by atoms with Crippen molar-refractivity contribution >= 4 is 15.9 Å². The molecule has 1 aromatic rings. The third-order valence-electron chi connectivity index (χ3n) is 4.01. The summed E-state index contributed by atoms with van der Waals surface area (Å²) in [4.78, 5) is 14.2. The summed E-state index contributed by atoms with van der Waals surface area (Å²) in [5.41, 5.74) is 2.08. The van der Waals surface area contributed by atoms with Crippen molar-refractivity contribution in [2.45, 2.75) is 30.7 Å². The lowest BCUT2D eigenvalue weighted by Crippen LogP contribution is -2.37. The average molecular weight is 294 g/mol. The first kappa shape index (κ1) is 13.6. The van der Waals surface area contributed by atoms with Crippen LogP contribution in [0, 0.1) is 5.92 Å². The van der Waals surface area contributed by atoms with Gasteiger partial charge in [0.1, 0.15) is 0 Å². The maximum atomic E-state index is 12.1. The highest BCUT2D eigenvalue weighted by molar-refractivity contribution is 7.89. The normalized spacial score (nSPS) is 18.8. The molecule has 1 aromatic carbocycles. The Kier molecular flexibility index (Phi) is 3.30. The summed E-state index contributed by atoms with van der Waals surface area (Å²) >= 11 is 0. The molecule has 1 amide bonds. The van der Waals surface area contributed by atoms with Crippen molar-refractivity contribution in [3.63, 3.8) is 0 Å². The molecular formula is C14H18N2O3S. The summed E-state index contributed by atoms with van der Waals surface area (Å²) < 4.78 is 26.0. The average Bonchev–Trinajstić information content (AvgIpc) is 3.30. The van der Waals surface area contributed by atoms with Crippen LogP contribution in [0.1, 0.15) is 24.0 Å². The first-order valence-corrected chi connectivity index (χ1v) is 8.34. The zero-order valence-corrected chi connectivity index (χ0v) is 12.2. The van der Waals surface area contributed by atoms with Crippen LogP contribution in [0.5, 0.6) is 0 Å². The number of hydrogen-bond donors (Lipinski definition) is 1. The summed E-state index contributed by atoms with van der Waals surface area (Å²) in [6, 6.07) is 5.18. The molecule has 1 heterocycles. The number of hydrogen-bond acceptors (Lipinski definition) is 3. The molecule has 0 saturated heterocycles. The second-order valence-electron chi connectivity index (χ2n) is 5.42. The molecule has 0 unspecified atom stereocenters. The van der Waals surface area contributed by atoms with Crippen LogP contribution in [-0.4, -0.2) is 32.8 Å². The maximum absolute atomic E-state index is 12.1. The van der Waals surface area contributed by atoms with Crippen molar-refractivity contribution in [2.75, 3.05) is 13.6 Å². The van der Waals surface area contributed by atoms with Gasteiger partial charge >= 0.3 is 0 Å². The number of nitrogens with one attached hydrogen (secondary N) is 1. The monoisotopic (exact) mass is 294 g/mol. The van der Waals surface area contributed by atoms with Gasteiger partial charge in [0.25, 0.3) is 0 Å². The molecule has 1 fully saturated rings. The molecule has 0 aromatic heterocycles. The molecule has 1 saturated carbocycles. The van der Waals surface area contributed by atoms with Crippen LogP contribution in [0.25, 0.3) is 0 Å². The van der Waals surface area contributed by atoms with E-state index in [1.54, 1.807) is 12.1 Å². The summed E-state index contributed by atoms with van der Waals surface area (Å²) in [5, 5.41) is 0. The maximum Gasteiger partial charge on any atom is 0.240 e. The van der Waals surface area contributed by atoms with Crippen molar-refractivity contribution in [1.29, 1.82) is 0 Å². The Morgan fingerprint density at radius 1 is 1.30 bits per heavy atom. The van der Waals surface area contributed by atoms with Crippen LogP contribution in [0.3, 0.4) is 0 Å². The molecule has 20 heavy (non-hydrogen) atoms. The fraction of sp³-hybridized carbons (Fsp3) is 0.500. The number of carbonyl (C=O) groups excluding carboxylic acids is 1. The molecule has 6 heteroatoms. The Balaban J connectivity index is 1.87. The molecule has 0 radical (unpaired) electrons. The van der Waals surface area contributed by atoms with Crippen molar-refractivity contribution in [2.24, 2.45) is 5.92 Å². The SMILES string of the molecule is CNS(=O)(=O)c1ccc2c(c1)CN(C(=O)C1CC1)CC2. The Hall–Kier alpha value is -1.40. The lowest BCUT2D eigenvalue weighted by atomic mass is 9.99. The van der Waals surface area contributed by atoms with Crippen LogP contribution in [0.2, 0.25) is 0 Å². The Morgan fingerprint density at radius 2 is 2.05 bits per heavy atom. The van der Waals surface area contributed by atoms with Crippen LogP contribution < -0.4 is 4.72 Å². The molecular weight excluding hydrogens is 276 g/mol. The fourth-order valence-electron chi connectivity index (χ4n) is 2.60. The van der Waals surface area contributed by atoms with E-state index in [0.29, 0.717) is 6.54 Å². The van der Waals surface area contributed by atoms with Crippen molar-refractivity contribution in [3.8, 4) is 0 Å².